The van der Waals surface area contributed by atoms with Crippen molar-refractivity contribution in [1.82, 2.24) is 9.97 Å². The molecule has 0 amide bonds. The van der Waals surface area contributed by atoms with Crippen LogP contribution in [0.5, 0.6) is 0 Å². The van der Waals surface area contributed by atoms with Crippen molar-refractivity contribution < 1.29 is 0 Å². The lowest BCUT2D eigenvalue weighted by Gasteiger charge is -2.16. The van der Waals surface area contributed by atoms with E-state index in [9.17, 15) is 0 Å². The summed E-state index contributed by atoms with van der Waals surface area (Å²) in [5.41, 5.74) is 0. The Kier molecular flexibility index (Phi) is 3.30. The number of anilines is 1. The standard InChI is InChI=1S/C11H14ClN3S/c1-4-7-6-8-9(15(3)5-2)13-11(12)14-10(8)16-7/h6H,4-5H2,1-3H3. The van der Waals surface area contributed by atoms with Crippen LogP contribution in [0.1, 0.15) is 18.7 Å². The van der Waals surface area contributed by atoms with Gasteiger partial charge in [-0.3, -0.25) is 0 Å². The third-order valence-electron chi connectivity index (χ3n) is 2.58. The molecule has 0 saturated carbocycles. The van der Waals surface area contributed by atoms with E-state index in [0.717, 1.165) is 29.0 Å². The molecule has 5 heteroatoms. The van der Waals surface area contributed by atoms with Crippen molar-refractivity contribution in [3.8, 4) is 0 Å². The molecule has 0 aliphatic heterocycles. The average molecular weight is 256 g/mol. The monoisotopic (exact) mass is 255 g/mol. The van der Waals surface area contributed by atoms with Crippen molar-refractivity contribution in [1.29, 1.82) is 0 Å². The summed E-state index contributed by atoms with van der Waals surface area (Å²) in [6.07, 6.45) is 1.02. The van der Waals surface area contributed by atoms with Gasteiger partial charge in [0.25, 0.3) is 0 Å². The van der Waals surface area contributed by atoms with Gasteiger partial charge in [-0.15, -0.1) is 11.3 Å². The molecule has 0 unspecified atom stereocenters. The maximum atomic E-state index is 5.94. The predicted molar refractivity (Wildman–Crippen MR) is 70.7 cm³/mol. The molecule has 0 aliphatic rings. The van der Waals surface area contributed by atoms with Crippen LogP contribution in [0.25, 0.3) is 10.2 Å². The molecular weight excluding hydrogens is 242 g/mol. The molecule has 0 aromatic carbocycles. The van der Waals surface area contributed by atoms with Crippen LogP contribution in [0, 0.1) is 0 Å². The second kappa shape index (κ2) is 4.55. The molecule has 2 aromatic rings. The van der Waals surface area contributed by atoms with Gasteiger partial charge in [-0.05, 0) is 31.0 Å². The van der Waals surface area contributed by atoms with Gasteiger partial charge in [-0.25, -0.2) is 4.98 Å². The fraction of sp³-hybridized carbons (Fsp3) is 0.455. The quantitative estimate of drug-likeness (QED) is 0.788. The van der Waals surface area contributed by atoms with Crippen LogP contribution in [0.4, 0.5) is 5.82 Å². The molecule has 16 heavy (non-hydrogen) atoms. The first kappa shape index (κ1) is 11.6. The van der Waals surface area contributed by atoms with Crippen LogP contribution in [0.2, 0.25) is 5.28 Å². The Morgan fingerprint density at radius 1 is 1.38 bits per heavy atom. The van der Waals surface area contributed by atoms with E-state index in [1.807, 2.05) is 7.05 Å². The van der Waals surface area contributed by atoms with Gasteiger partial charge in [-0.2, -0.15) is 4.98 Å². The number of halogens is 1. The number of hydrogen-bond donors (Lipinski definition) is 0. The zero-order valence-corrected chi connectivity index (χ0v) is 11.2. The smallest absolute Gasteiger partial charge is 0.225 e. The van der Waals surface area contributed by atoms with E-state index in [0.29, 0.717) is 5.28 Å². The van der Waals surface area contributed by atoms with Gasteiger partial charge < -0.3 is 4.90 Å². The van der Waals surface area contributed by atoms with Gasteiger partial charge in [-0.1, -0.05) is 6.92 Å². The lowest BCUT2D eigenvalue weighted by atomic mass is 10.3. The number of hydrogen-bond acceptors (Lipinski definition) is 4. The molecule has 0 aliphatic carbocycles. The third kappa shape index (κ3) is 1.99. The van der Waals surface area contributed by atoms with E-state index in [1.165, 1.54) is 4.88 Å². The summed E-state index contributed by atoms with van der Waals surface area (Å²) in [6.45, 7) is 5.14. The summed E-state index contributed by atoms with van der Waals surface area (Å²) in [6, 6.07) is 2.16. The predicted octanol–water partition coefficient (Wildman–Crippen LogP) is 3.36. The van der Waals surface area contributed by atoms with E-state index in [1.54, 1.807) is 11.3 Å². The number of aromatic nitrogens is 2. The SMILES string of the molecule is CCc1cc2c(N(C)CC)nc(Cl)nc2s1. The highest BCUT2D eigenvalue weighted by Crippen LogP contribution is 2.31. The summed E-state index contributed by atoms with van der Waals surface area (Å²) < 4.78 is 0. The van der Waals surface area contributed by atoms with Crippen molar-refractivity contribution in [2.24, 2.45) is 0 Å². The zero-order valence-electron chi connectivity index (χ0n) is 9.62. The largest absolute Gasteiger partial charge is 0.359 e. The second-order valence-electron chi connectivity index (χ2n) is 3.62. The lowest BCUT2D eigenvalue weighted by Crippen LogP contribution is -2.17. The molecule has 2 rings (SSSR count). The Bertz CT molecular complexity index is 509. The van der Waals surface area contributed by atoms with Crippen molar-refractivity contribution in [3.05, 3.63) is 16.2 Å². The first-order valence-corrected chi connectivity index (χ1v) is 6.52. The molecule has 0 bridgehead atoms. The van der Waals surface area contributed by atoms with Gasteiger partial charge in [0.05, 0.1) is 5.39 Å². The van der Waals surface area contributed by atoms with E-state index in [4.69, 9.17) is 11.6 Å². The molecule has 3 nitrogen and oxygen atoms in total. The number of thiophene rings is 1. The first-order valence-electron chi connectivity index (χ1n) is 5.32. The minimum atomic E-state index is 0.326. The Morgan fingerprint density at radius 3 is 2.75 bits per heavy atom. The molecule has 0 saturated heterocycles. The minimum absolute atomic E-state index is 0.326. The topological polar surface area (TPSA) is 29.0 Å². The zero-order chi connectivity index (χ0) is 11.7. The summed E-state index contributed by atoms with van der Waals surface area (Å²) in [4.78, 5) is 13.0. The third-order valence-corrected chi connectivity index (χ3v) is 3.92. The Hall–Kier alpha value is -0.870. The van der Waals surface area contributed by atoms with Crippen LogP contribution >= 0.6 is 22.9 Å². The van der Waals surface area contributed by atoms with Gasteiger partial charge >= 0.3 is 0 Å². The fourth-order valence-corrected chi connectivity index (χ4v) is 2.72. The normalized spacial score (nSPS) is 11.0. The summed E-state index contributed by atoms with van der Waals surface area (Å²) in [5, 5.41) is 1.43. The number of nitrogens with zero attached hydrogens (tertiary/aromatic N) is 3. The van der Waals surface area contributed by atoms with Crippen LogP contribution < -0.4 is 4.90 Å². The molecule has 2 aromatic heterocycles. The van der Waals surface area contributed by atoms with Crippen molar-refractivity contribution in [3.63, 3.8) is 0 Å². The summed E-state index contributed by atoms with van der Waals surface area (Å²) in [5.74, 6) is 0.924. The molecule has 0 radical (unpaired) electrons. The number of fused-ring (bicyclic) bond motifs is 1. The van der Waals surface area contributed by atoms with E-state index in [2.05, 4.69) is 34.8 Å². The highest BCUT2D eigenvalue weighted by molar-refractivity contribution is 7.18. The minimum Gasteiger partial charge on any atom is -0.359 e. The van der Waals surface area contributed by atoms with Gasteiger partial charge in [0.15, 0.2) is 0 Å². The fourth-order valence-electron chi connectivity index (χ4n) is 1.55. The average Bonchev–Trinajstić information content (AvgIpc) is 2.69. The molecule has 2 heterocycles. The Balaban J connectivity index is 2.65. The maximum absolute atomic E-state index is 5.94. The van der Waals surface area contributed by atoms with E-state index >= 15 is 0 Å². The molecule has 86 valence electrons. The van der Waals surface area contributed by atoms with Crippen LogP contribution in [-0.4, -0.2) is 23.6 Å². The summed E-state index contributed by atoms with van der Waals surface area (Å²) in [7, 11) is 2.02. The summed E-state index contributed by atoms with van der Waals surface area (Å²) >= 11 is 7.63. The number of rotatable bonds is 3. The molecular formula is C11H14ClN3S. The molecule has 0 atom stereocenters. The van der Waals surface area contributed by atoms with Crippen LogP contribution in [0.3, 0.4) is 0 Å². The van der Waals surface area contributed by atoms with Crippen LogP contribution in [-0.2, 0) is 6.42 Å². The van der Waals surface area contributed by atoms with Gasteiger partial charge in [0.1, 0.15) is 10.6 Å². The first-order chi connectivity index (χ1) is 7.65. The molecule has 0 N–H and O–H groups in total. The van der Waals surface area contributed by atoms with Gasteiger partial charge in [0.2, 0.25) is 5.28 Å². The second-order valence-corrected chi connectivity index (χ2v) is 5.07. The van der Waals surface area contributed by atoms with Crippen molar-refractivity contribution >= 4 is 39.0 Å². The highest BCUT2D eigenvalue weighted by atomic mass is 35.5. The van der Waals surface area contributed by atoms with E-state index in [-0.39, 0.29) is 0 Å². The molecule has 0 fully saturated rings. The Labute approximate surface area is 104 Å². The number of aryl methyl sites for hydroxylation is 1. The maximum Gasteiger partial charge on any atom is 0.225 e. The highest BCUT2D eigenvalue weighted by Gasteiger charge is 2.12. The van der Waals surface area contributed by atoms with Crippen molar-refractivity contribution in [2.75, 3.05) is 18.5 Å². The van der Waals surface area contributed by atoms with Gasteiger partial charge in [0, 0.05) is 18.5 Å². The lowest BCUT2D eigenvalue weighted by molar-refractivity contribution is 0.941. The molecule has 0 spiro atoms. The van der Waals surface area contributed by atoms with E-state index < -0.39 is 0 Å². The van der Waals surface area contributed by atoms with Crippen molar-refractivity contribution in [2.45, 2.75) is 20.3 Å². The Morgan fingerprint density at radius 2 is 2.12 bits per heavy atom. The van der Waals surface area contributed by atoms with Crippen LogP contribution in [0.15, 0.2) is 6.07 Å².